The van der Waals surface area contributed by atoms with Gasteiger partial charge in [0, 0.05) is 44.6 Å². The molecule has 1 saturated carbocycles. The maximum atomic E-state index is 13.0. The first-order valence-electron chi connectivity index (χ1n) is 10.2. The molecule has 9 heteroatoms. The van der Waals surface area contributed by atoms with Crippen LogP contribution in [-0.2, 0) is 16.8 Å². The summed E-state index contributed by atoms with van der Waals surface area (Å²) in [5.41, 5.74) is 2.20. The number of carbonyl (C=O) groups excluding carboxylic acids is 3. The highest BCUT2D eigenvalue weighted by atomic mass is 16.2. The number of nitrogens with one attached hydrogen (secondary N) is 2. The van der Waals surface area contributed by atoms with Crippen LogP contribution in [0.25, 0.3) is 0 Å². The number of aromatic nitrogens is 4. The molecule has 2 amide bonds. The van der Waals surface area contributed by atoms with Gasteiger partial charge in [-0.05, 0) is 31.7 Å². The van der Waals surface area contributed by atoms with Crippen molar-refractivity contribution in [1.29, 1.82) is 0 Å². The third kappa shape index (κ3) is 2.87. The number of ketones is 1. The monoisotopic (exact) mass is 396 g/mol. The number of piperidine rings is 1. The molecule has 0 bridgehead atoms. The zero-order valence-electron chi connectivity index (χ0n) is 16.4. The van der Waals surface area contributed by atoms with Gasteiger partial charge in [0.1, 0.15) is 11.4 Å². The van der Waals surface area contributed by atoms with Crippen molar-refractivity contribution in [2.24, 2.45) is 5.92 Å². The lowest BCUT2D eigenvalue weighted by Gasteiger charge is -2.50. The summed E-state index contributed by atoms with van der Waals surface area (Å²) in [6.07, 6.45) is 5.76. The number of carbonyl (C=O) groups is 3. The first kappa shape index (κ1) is 18.1. The van der Waals surface area contributed by atoms with Gasteiger partial charge in [-0.25, -0.2) is 4.98 Å². The fourth-order valence-corrected chi connectivity index (χ4v) is 4.72. The number of hydrogen-bond donors (Lipinski definition) is 2. The Morgan fingerprint density at radius 2 is 1.93 bits per heavy atom. The average molecular weight is 396 g/mol. The Balaban J connectivity index is 1.38. The number of rotatable bonds is 3. The molecule has 2 fully saturated rings. The molecule has 4 heterocycles. The van der Waals surface area contributed by atoms with E-state index in [0.717, 1.165) is 30.7 Å². The van der Waals surface area contributed by atoms with Gasteiger partial charge in [0.25, 0.3) is 5.91 Å². The van der Waals surface area contributed by atoms with Crippen molar-refractivity contribution in [1.82, 2.24) is 30.0 Å². The molecule has 152 valence electrons. The molecule has 3 aliphatic rings. The van der Waals surface area contributed by atoms with Gasteiger partial charge in [-0.1, -0.05) is 0 Å². The Kier molecular flexibility index (Phi) is 4.07. The maximum Gasteiger partial charge on any atom is 0.271 e. The number of amides is 2. The van der Waals surface area contributed by atoms with Crippen LogP contribution in [0.2, 0.25) is 0 Å². The molecule has 2 aliphatic heterocycles. The fourth-order valence-electron chi connectivity index (χ4n) is 4.72. The SMILES string of the molecule is CC(=O)c1cc(C(=O)N2CCC3(CC2)c2nc[nH]c2CCN3C(=O)C2CC2)[nH]n1. The highest BCUT2D eigenvalue weighted by Gasteiger charge is 2.51. The zero-order chi connectivity index (χ0) is 20.2. The molecule has 29 heavy (non-hydrogen) atoms. The molecule has 2 N–H and O–H groups in total. The van der Waals surface area contributed by atoms with Gasteiger partial charge in [0.05, 0.1) is 17.6 Å². The number of imidazole rings is 1. The van der Waals surface area contributed by atoms with Crippen molar-refractivity contribution in [3.63, 3.8) is 0 Å². The number of Topliss-reactive ketones (excluding diaryl/α,β-unsaturated/α-hetero) is 1. The van der Waals surface area contributed by atoms with Crippen LogP contribution in [0, 0.1) is 5.92 Å². The van der Waals surface area contributed by atoms with Crippen molar-refractivity contribution in [3.05, 3.63) is 35.2 Å². The summed E-state index contributed by atoms with van der Waals surface area (Å²) in [5, 5.41) is 6.58. The molecule has 1 saturated heterocycles. The minimum absolute atomic E-state index is 0.155. The molecule has 5 rings (SSSR count). The van der Waals surface area contributed by atoms with E-state index < -0.39 is 5.54 Å². The number of hydrogen-bond acceptors (Lipinski definition) is 5. The number of fused-ring (bicyclic) bond motifs is 2. The lowest BCUT2D eigenvalue weighted by atomic mass is 9.78. The van der Waals surface area contributed by atoms with Crippen molar-refractivity contribution in [2.45, 2.75) is 44.6 Å². The summed E-state index contributed by atoms with van der Waals surface area (Å²) in [4.78, 5) is 49.0. The predicted molar refractivity (Wildman–Crippen MR) is 102 cm³/mol. The molecular formula is C20H24N6O3. The first-order valence-corrected chi connectivity index (χ1v) is 10.2. The van der Waals surface area contributed by atoms with E-state index in [0.29, 0.717) is 38.2 Å². The summed E-state index contributed by atoms with van der Waals surface area (Å²) in [7, 11) is 0. The van der Waals surface area contributed by atoms with Crippen molar-refractivity contribution in [2.75, 3.05) is 19.6 Å². The molecule has 0 radical (unpaired) electrons. The Morgan fingerprint density at radius 3 is 2.59 bits per heavy atom. The van der Waals surface area contributed by atoms with Crippen LogP contribution in [0.3, 0.4) is 0 Å². The predicted octanol–water partition coefficient (Wildman–Crippen LogP) is 1.26. The Hall–Kier alpha value is -2.97. The molecule has 0 atom stereocenters. The second-order valence-electron chi connectivity index (χ2n) is 8.29. The Bertz CT molecular complexity index is 980. The molecule has 1 aliphatic carbocycles. The third-order valence-corrected chi connectivity index (χ3v) is 6.50. The van der Waals surface area contributed by atoms with Gasteiger partial charge >= 0.3 is 0 Å². The van der Waals surface area contributed by atoms with E-state index in [9.17, 15) is 14.4 Å². The van der Waals surface area contributed by atoms with E-state index in [-0.39, 0.29) is 29.2 Å². The summed E-state index contributed by atoms with van der Waals surface area (Å²) >= 11 is 0. The van der Waals surface area contributed by atoms with E-state index in [1.54, 1.807) is 11.2 Å². The van der Waals surface area contributed by atoms with E-state index in [4.69, 9.17) is 0 Å². The summed E-state index contributed by atoms with van der Waals surface area (Å²) in [6.45, 7) is 3.16. The van der Waals surface area contributed by atoms with Crippen LogP contribution in [0.5, 0.6) is 0 Å². The quantitative estimate of drug-likeness (QED) is 0.758. The normalized spacial score (nSPS) is 20.6. The topological polar surface area (TPSA) is 115 Å². The van der Waals surface area contributed by atoms with Gasteiger partial charge < -0.3 is 14.8 Å². The van der Waals surface area contributed by atoms with Crippen LogP contribution in [0.1, 0.15) is 65.0 Å². The number of aromatic amines is 2. The summed E-state index contributed by atoms with van der Waals surface area (Å²) < 4.78 is 0. The molecule has 1 spiro atoms. The molecule has 2 aromatic heterocycles. The lowest BCUT2D eigenvalue weighted by Crippen LogP contribution is -2.59. The van der Waals surface area contributed by atoms with E-state index in [1.807, 2.05) is 4.90 Å². The number of nitrogens with zero attached hydrogens (tertiary/aromatic N) is 4. The Labute approximate surface area is 167 Å². The van der Waals surface area contributed by atoms with Crippen molar-refractivity contribution < 1.29 is 14.4 Å². The lowest BCUT2D eigenvalue weighted by molar-refractivity contribution is -0.143. The fraction of sp³-hybridized carbons (Fsp3) is 0.550. The second-order valence-corrected chi connectivity index (χ2v) is 8.29. The first-order chi connectivity index (χ1) is 14.0. The molecule has 0 aromatic carbocycles. The second kappa shape index (κ2) is 6.53. The summed E-state index contributed by atoms with van der Waals surface area (Å²) in [5.74, 6) is 0.0403. The van der Waals surface area contributed by atoms with Crippen LogP contribution in [0.4, 0.5) is 0 Å². The van der Waals surface area contributed by atoms with Gasteiger partial charge in [-0.15, -0.1) is 0 Å². The Morgan fingerprint density at radius 1 is 1.17 bits per heavy atom. The third-order valence-electron chi connectivity index (χ3n) is 6.50. The van der Waals surface area contributed by atoms with Crippen molar-refractivity contribution in [3.8, 4) is 0 Å². The van der Waals surface area contributed by atoms with Crippen LogP contribution in [-0.4, -0.2) is 67.2 Å². The minimum Gasteiger partial charge on any atom is -0.348 e. The van der Waals surface area contributed by atoms with Gasteiger partial charge in [-0.2, -0.15) is 5.10 Å². The van der Waals surface area contributed by atoms with Gasteiger partial charge in [-0.3, -0.25) is 19.5 Å². The standard InChI is InChI=1S/C20H24N6O3/c1-12(27)15-10-16(24-23-15)19(29)25-8-5-20(6-9-25)17-14(21-11-22-17)4-7-26(20)18(28)13-2-3-13/h10-11,13H,2-9H2,1H3,(H,21,22)(H,23,24). The number of likely N-dealkylation sites (tertiary alicyclic amines) is 1. The highest BCUT2D eigenvalue weighted by molar-refractivity contribution is 5.97. The van der Waals surface area contributed by atoms with Crippen LogP contribution >= 0.6 is 0 Å². The molecule has 2 aromatic rings. The van der Waals surface area contributed by atoms with E-state index in [1.165, 1.54) is 13.0 Å². The smallest absolute Gasteiger partial charge is 0.271 e. The van der Waals surface area contributed by atoms with Crippen LogP contribution < -0.4 is 0 Å². The molecule has 0 unspecified atom stereocenters. The van der Waals surface area contributed by atoms with Gasteiger partial charge in [0.2, 0.25) is 5.91 Å². The maximum absolute atomic E-state index is 13.0. The van der Waals surface area contributed by atoms with E-state index in [2.05, 4.69) is 20.2 Å². The van der Waals surface area contributed by atoms with Gasteiger partial charge in [0.15, 0.2) is 5.78 Å². The number of H-pyrrole nitrogens is 2. The molecule has 9 nitrogen and oxygen atoms in total. The summed E-state index contributed by atoms with van der Waals surface area (Å²) in [6, 6.07) is 1.50. The van der Waals surface area contributed by atoms with E-state index >= 15 is 0 Å². The van der Waals surface area contributed by atoms with Crippen molar-refractivity contribution >= 4 is 17.6 Å². The minimum atomic E-state index is -0.442. The van der Waals surface area contributed by atoms with Crippen LogP contribution in [0.15, 0.2) is 12.4 Å². The zero-order valence-corrected chi connectivity index (χ0v) is 16.4. The highest BCUT2D eigenvalue weighted by Crippen LogP contribution is 2.45. The average Bonchev–Trinajstić information content (AvgIpc) is 3.25. The molecular weight excluding hydrogens is 372 g/mol. The largest absolute Gasteiger partial charge is 0.348 e.